The zero-order valence-electron chi connectivity index (χ0n) is 12.1. The molecule has 1 N–H and O–H groups in total. The molecule has 0 atom stereocenters. The molecule has 0 radical (unpaired) electrons. The minimum Gasteiger partial charge on any atom is -0.312 e. The minimum absolute atomic E-state index is 0.148. The molecule has 0 spiro atoms. The fraction of sp³-hybridized carbons (Fsp3) is 0.533. The van der Waals surface area contributed by atoms with Gasteiger partial charge in [-0.05, 0) is 43.3 Å². The van der Waals surface area contributed by atoms with Crippen molar-refractivity contribution in [3.05, 3.63) is 35.1 Å². The van der Waals surface area contributed by atoms with Gasteiger partial charge in [-0.25, -0.2) is 4.39 Å². The molecular formula is C15H22FN3. The van der Waals surface area contributed by atoms with Crippen molar-refractivity contribution >= 4 is 0 Å². The molecule has 1 rings (SSSR count). The van der Waals surface area contributed by atoms with Crippen LogP contribution in [-0.2, 0) is 6.54 Å². The van der Waals surface area contributed by atoms with Gasteiger partial charge in [-0.1, -0.05) is 13.8 Å². The number of benzene rings is 1. The first-order chi connectivity index (χ1) is 8.82. The van der Waals surface area contributed by atoms with E-state index in [1.807, 2.05) is 20.2 Å². The van der Waals surface area contributed by atoms with Gasteiger partial charge in [0.2, 0.25) is 0 Å². The zero-order chi connectivity index (χ0) is 14.5. The number of rotatable bonds is 6. The molecule has 0 aliphatic carbocycles. The van der Waals surface area contributed by atoms with E-state index in [-0.39, 0.29) is 11.2 Å². The summed E-state index contributed by atoms with van der Waals surface area (Å²) in [6.45, 7) is 6.76. The van der Waals surface area contributed by atoms with Gasteiger partial charge in [0.25, 0.3) is 0 Å². The summed E-state index contributed by atoms with van der Waals surface area (Å²) >= 11 is 0. The van der Waals surface area contributed by atoms with Crippen molar-refractivity contribution in [1.29, 1.82) is 5.26 Å². The molecule has 0 heterocycles. The molecule has 1 aromatic carbocycles. The summed E-state index contributed by atoms with van der Waals surface area (Å²) < 4.78 is 13.3. The second-order valence-corrected chi connectivity index (χ2v) is 5.97. The van der Waals surface area contributed by atoms with Gasteiger partial charge < -0.3 is 10.2 Å². The molecule has 0 aliphatic rings. The lowest BCUT2D eigenvalue weighted by Gasteiger charge is -2.28. The lowest BCUT2D eigenvalue weighted by molar-refractivity contribution is 0.232. The van der Waals surface area contributed by atoms with Gasteiger partial charge in [-0.3, -0.25) is 0 Å². The van der Waals surface area contributed by atoms with Crippen LogP contribution in [0.2, 0.25) is 0 Å². The SMILES string of the molecule is CN(C)CC(C)(C)CNCc1cc(F)cc(C#N)c1. The monoisotopic (exact) mass is 263 g/mol. The van der Waals surface area contributed by atoms with Gasteiger partial charge in [0, 0.05) is 19.6 Å². The van der Waals surface area contributed by atoms with E-state index in [1.54, 1.807) is 6.07 Å². The van der Waals surface area contributed by atoms with Crippen LogP contribution in [0.1, 0.15) is 25.0 Å². The molecule has 0 unspecified atom stereocenters. The highest BCUT2D eigenvalue weighted by Gasteiger charge is 2.18. The van der Waals surface area contributed by atoms with Crippen molar-refractivity contribution in [3.63, 3.8) is 0 Å². The van der Waals surface area contributed by atoms with Crippen LogP contribution < -0.4 is 5.32 Å². The third kappa shape index (κ3) is 5.82. The van der Waals surface area contributed by atoms with E-state index in [9.17, 15) is 4.39 Å². The summed E-state index contributed by atoms with van der Waals surface area (Å²) in [7, 11) is 4.10. The van der Waals surface area contributed by atoms with Gasteiger partial charge in [-0.15, -0.1) is 0 Å². The smallest absolute Gasteiger partial charge is 0.124 e. The Morgan fingerprint density at radius 2 is 2.00 bits per heavy atom. The second-order valence-electron chi connectivity index (χ2n) is 5.97. The highest BCUT2D eigenvalue weighted by molar-refractivity contribution is 5.33. The molecule has 104 valence electrons. The average Bonchev–Trinajstić information content (AvgIpc) is 2.26. The lowest BCUT2D eigenvalue weighted by Crippen LogP contribution is -2.37. The summed E-state index contributed by atoms with van der Waals surface area (Å²) in [4.78, 5) is 2.15. The predicted octanol–water partition coefficient (Wildman–Crippen LogP) is 2.37. The highest BCUT2D eigenvalue weighted by Crippen LogP contribution is 2.15. The molecule has 0 aliphatic heterocycles. The maximum absolute atomic E-state index is 13.3. The van der Waals surface area contributed by atoms with Crippen molar-refractivity contribution < 1.29 is 4.39 Å². The fourth-order valence-corrected chi connectivity index (χ4v) is 2.27. The Labute approximate surface area is 115 Å². The normalized spacial score (nSPS) is 11.6. The number of nitriles is 1. The third-order valence-electron chi connectivity index (χ3n) is 2.76. The fourth-order valence-electron chi connectivity index (χ4n) is 2.27. The quantitative estimate of drug-likeness (QED) is 0.856. The van der Waals surface area contributed by atoms with Crippen LogP contribution in [0.15, 0.2) is 18.2 Å². The van der Waals surface area contributed by atoms with Crippen LogP contribution >= 0.6 is 0 Å². The third-order valence-corrected chi connectivity index (χ3v) is 2.76. The van der Waals surface area contributed by atoms with Crippen LogP contribution in [-0.4, -0.2) is 32.1 Å². The maximum Gasteiger partial charge on any atom is 0.124 e. The molecule has 3 nitrogen and oxygen atoms in total. The minimum atomic E-state index is -0.358. The van der Waals surface area contributed by atoms with E-state index in [0.29, 0.717) is 12.1 Å². The Morgan fingerprint density at radius 1 is 1.32 bits per heavy atom. The standard InChI is InChI=1S/C15H22FN3/c1-15(2,11-19(3)4)10-18-9-13-5-12(8-17)6-14(16)7-13/h5-7,18H,9-11H2,1-4H3. The molecule has 0 aromatic heterocycles. The number of hydrogen-bond donors (Lipinski definition) is 1. The number of halogens is 1. The van der Waals surface area contributed by atoms with E-state index in [0.717, 1.165) is 18.7 Å². The highest BCUT2D eigenvalue weighted by atomic mass is 19.1. The summed E-state index contributed by atoms with van der Waals surface area (Å²) in [5, 5.41) is 12.1. The summed E-state index contributed by atoms with van der Waals surface area (Å²) in [5.74, 6) is -0.358. The zero-order valence-corrected chi connectivity index (χ0v) is 12.1. The number of hydrogen-bond acceptors (Lipinski definition) is 3. The van der Waals surface area contributed by atoms with E-state index < -0.39 is 0 Å². The van der Waals surface area contributed by atoms with Crippen LogP contribution in [0.5, 0.6) is 0 Å². The molecule has 0 saturated carbocycles. The van der Waals surface area contributed by atoms with Gasteiger partial charge in [0.15, 0.2) is 0 Å². The van der Waals surface area contributed by atoms with Crippen molar-refractivity contribution in [1.82, 2.24) is 10.2 Å². The predicted molar refractivity (Wildman–Crippen MR) is 75.2 cm³/mol. The Balaban J connectivity index is 2.54. The summed E-state index contributed by atoms with van der Waals surface area (Å²) in [6.07, 6.45) is 0. The van der Waals surface area contributed by atoms with E-state index in [4.69, 9.17) is 5.26 Å². The van der Waals surface area contributed by atoms with Crippen molar-refractivity contribution in [2.24, 2.45) is 5.41 Å². The Morgan fingerprint density at radius 3 is 2.58 bits per heavy atom. The van der Waals surface area contributed by atoms with Crippen LogP contribution in [0.25, 0.3) is 0 Å². The summed E-state index contributed by atoms with van der Waals surface area (Å²) in [5.41, 5.74) is 1.32. The topological polar surface area (TPSA) is 39.1 Å². The molecular weight excluding hydrogens is 241 g/mol. The number of nitrogens with one attached hydrogen (secondary N) is 1. The van der Waals surface area contributed by atoms with Crippen LogP contribution in [0.3, 0.4) is 0 Å². The van der Waals surface area contributed by atoms with Crippen molar-refractivity contribution in [3.8, 4) is 6.07 Å². The molecule has 4 heteroatoms. The lowest BCUT2D eigenvalue weighted by atomic mass is 9.93. The average molecular weight is 263 g/mol. The van der Waals surface area contributed by atoms with Crippen LogP contribution in [0, 0.1) is 22.6 Å². The van der Waals surface area contributed by atoms with Gasteiger partial charge in [0.1, 0.15) is 5.82 Å². The summed E-state index contributed by atoms with van der Waals surface area (Å²) in [6, 6.07) is 6.40. The van der Waals surface area contributed by atoms with Gasteiger partial charge in [-0.2, -0.15) is 5.26 Å². The Kier molecular flexibility index (Phi) is 5.46. The first-order valence-corrected chi connectivity index (χ1v) is 6.37. The number of nitrogens with zero attached hydrogens (tertiary/aromatic N) is 2. The molecule has 0 amide bonds. The van der Waals surface area contributed by atoms with Gasteiger partial charge in [0.05, 0.1) is 11.6 Å². The molecule has 0 bridgehead atoms. The van der Waals surface area contributed by atoms with Crippen molar-refractivity contribution in [2.45, 2.75) is 20.4 Å². The molecule has 0 saturated heterocycles. The largest absolute Gasteiger partial charge is 0.312 e. The molecule has 19 heavy (non-hydrogen) atoms. The van der Waals surface area contributed by atoms with Crippen LogP contribution in [0.4, 0.5) is 4.39 Å². The van der Waals surface area contributed by atoms with E-state index in [1.165, 1.54) is 12.1 Å². The first kappa shape index (κ1) is 15.6. The Bertz CT molecular complexity index is 461. The Hall–Kier alpha value is -1.44. The molecule has 1 aromatic rings. The second kappa shape index (κ2) is 6.65. The van der Waals surface area contributed by atoms with E-state index in [2.05, 4.69) is 24.1 Å². The molecule has 0 fully saturated rings. The van der Waals surface area contributed by atoms with Crippen molar-refractivity contribution in [2.75, 3.05) is 27.2 Å². The van der Waals surface area contributed by atoms with Gasteiger partial charge >= 0.3 is 0 Å². The first-order valence-electron chi connectivity index (χ1n) is 6.37. The maximum atomic E-state index is 13.3. The van der Waals surface area contributed by atoms with E-state index >= 15 is 0 Å².